The Balaban J connectivity index is 1.96. The van der Waals surface area contributed by atoms with Gasteiger partial charge in [-0.2, -0.15) is 0 Å². The first kappa shape index (κ1) is 18.9. The number of carbonyl (C=O) groups is 3. The Morgan fingerprint density at radius 2 is 1.88 bits per heavy atom. The van der Waals surface area contributed by atoms with Gasteiger partial charge in [0, 0.05) is 40.2 Å². The van der Waals surface area contributed by atoms with Crippen LogP contribution in [0.25, 0.3) is 0 Å². The molecule has 1 unspecified atom stereocenters. The second kappa shape index (κ2) is 9.17. The molecule has 7 nitrogen and oxygen atoms in total. The fourth-order valence-corrected chi connectivity index (χ4v) is 2.96. The Labute approximate surface area is 148 Å². The van der Waals surface area contributed by atoms with Crippen LogP contribution in [-0.2, 0) is 20.8 Å². The molecule has 1 atom stereocenters. The van der Waals surface area contributed by atoms with E-state index in [2.05, 4.69) is 27.7 Å². The Morgan fingerprint density at radius 3 is 2.52 bits per heavy atom. The summed E-state index contributed by atoms with van der Waals surface area (Å²) < 4.78 is 0. The largest absolute Gasteiger partial charge is 0.358 e. The summed E-state index contributed by atoms with van der Waals surface area (Å²) in [5.74, 6) is -0.491. The fraction of sp³-hybridized carbons (Fsp3) is 0.500. The van der Waals surface area contributed by atoms with Crippen LogP contribution in [0.2, 0.25) is 0 Å². The zero-order valence-electron chi connectivity index (χ0n) is 14.8. The summed E-state index contributed by atoms with van der Waals surface area (Å²) in [5.41, 5.74) is 1.22. The summed E-state index contributed by atoms with van der Waals surface area (Å²) in [7, 11) is 1.61. The molecule has 1 heterocycles. The molecular formula is C18H26N4O3. The number of hydrogen-bond donors (Lipinski definition) is 2. The minimum Gasteiger partial charge on any atom is -0.358 e. The van der Waals surface area contributed by atoms with Crippen molar-refractivity contribution in [3.05, 3.63) is 35.9 Å². The lowest BCUT2D eigenvalue weighted by Crippen LogP contribution is -2.60. The van der Waals surface area contributed by atoms with Crippen LogP contribution < -0.4 is 10.6 Å². The molecule has 1 aromatic carbocycles. The third-order valence-electron chi connectivity index (χ3n) is 4.41. The van der Waals surface area contributed by atoms with Crippen molar-refractivity contribution in [3.8, 4) is 0 Å². The summed E-state index contributed by atoms with van der Waals surface area (Å²) in [6, 6.07) is 9.76. The highest BCUT2D eigenvalue weighted by molar-refractivity contribution is 5.86. The average molecular weight is 346 g/mol. The van der Waals surface area contributed by atoms with Gasteiger partial charge >= 0.3 is 0 Å². The number of benzene rings is 1. The Bertz CT molecular complexity index is 606. The molecule has 0 spiro atoms. The molecule has 1 aliphatic heterocycles. The van der Waals surface area contributed by atoms with E-state index in [1.807, 2.05) is 18.2 Å². The maximum Gasteiger partial charge on any atom is 0.242 e. The number of piperazine rings is 1. The van der Waals surface area contributed by atoms with Crippen LogP contribution in [0.3, 0.4) is 0 Å². The first-order valence-corrected chi connectivity index (χ1v) is 8.53. The van der Waals surface area contributed by atoms with Crippen LogP contribution in [0.4, 0.5) is 0 Å². The smallest absolute Gasteiger partial charge is 0.242 e. The molecule has 2 rings (SSSR count). The van der Waals surface area contributed by atoms with E-state index in [-0.39, 0.29) is 30.3 Å². The topological polar surface area (TPSA) is 81.8 Å². The maximum absolute atomic E-state index is 12.3. The molecule has 0 aliphatic carbocycles. The van der Waals surface area contributed by atoms with Crippen LogP contribution in [0.15, 0.2) is 30.3 Å². The van der Waals surface area contributed by atoms with E-state index in [1.165, 1.54) is 12.5 Å². The van der Waals surface area contributed by atoms with Crippen LogP contribution in [0, 0.1) is 0 Å². The van der Waals surface area contributed by atoms with Gasteiger partial charge < -0.3 is 15.5 Å². The summed E-state index contributed by atoms with van der Waals surface area (Å²) >= 11 is 0. The van der Waals surface area contributed by atoms with Crippen molar-refractivity contribution in [1.82, 2.24) is 20.4 Å². The second-order valence-corrected chi connectivity index (χ2v) is 6.15. The van der Waals surface area contributed by atoms with Crippen molar-refractivity contribution in [2.24, 2.45) is 0 Å². The number of nitrogens with zero attached hydrogens (tertiary/aromatic N) is 2. The van der Waals surface area contributed by atoms with E-state index in [0.29, 0.717) is 19.6 Å². The molecule has 0 radical (unpaired) electrons. The third kappa shape index (κ3) is 5.56. The van der Waals surface area contributed by atoms with Crippen LogP contribution in [0.1, 0.15) is 12.5 Å². The highest BCUT2D eigenvalue weighted by Gasteiger charge is 2.33. The Kier molecular flexibility index (Phi) is 6.94. The van der Waals surface area contributed by atoms with Gasteiger partial charge in [0.15, 0.2) is 0 Å². The summed E-state index contributed by atoms with van der Waals surface area (Å²) in [4.78, 5) is 39.2. The van der Waals surface area contributed by atoms with Gasteiger partial charge in [-0.25, -0.2) is 0 Å². The van der Waals surface area contributed by atoms with Gasteiger partial charge in [-0.15, -0.1) is 0 Å². The zero-order chi connectivity index (χ0) is 18.2. The normalized spacial score (nSPS) is 17.8. The molecule has 1 fully saturated rings. The lowest BCUT2D eigenvalue weighted by molar-refractivity contribution is -0.138. The van der Waals surface area contributed by atoms with Gasteiger partial charge in [-0.05, 0) is 12.0 Å². The highest BCUT2D eigenvalue weighted by atomic mass is 16.2. The number of amides is 3. The quantitative estimate of drug-likeness (QED) is 0.736. The van der Waals surface area contributed by atoms with Gasteiger partial charge in [0.1, 0.15) is 6.04 Å². The molecule has 136 valence electrons. The van der Waals surface area contributed by atoms with Crippen LogP contribution >= 0.6 is 0 Å². The lowest BCUT2D eigenvalue weighted by atomic mass is 10.1. The minimum atomic E-state index is -0.372. The number of nitrogens with one attached hydrogen (secondary N) is 2. The van der Waals surface area contributed by atoms with Crippen molar-refractivity contribution in [1.29, 1.82) is 0 Å². The van der Waals surface area contributed by atoms with Crippen molar-refractivity contribution in [2.75, 3.05) is 39.8 Å². The molecule has 25 heavy (non-hydrogen) atoms. The molecule has 2 N–H and O–H groups in total. The molecule has 1 aliphatic rings. The zero-order valence-corrected chi connectivity index (χ0v) is 14.8. The molecular weight excluding hydrogens is 320 g/mol. The monoisotopic (exact) mass is 346 g/mol. The molecule has 1 saturated heterocycles. The predicted octanol–water partition coefficient (Wildman–Crippen LogP) is -0.376. The molecule has 3 amide bonds. The van der Waals surface area contributed by atoms with Crippen LogP contribution in [-0.4, -0.2) is 73.3 Å². The van der Waals surface area contributed by atoms with Gasteiger partial charge in [0.2, 0.25) is 17.7 Å². The average Bonchev–Trinajstić information content (AvgIpc) is 2.64. The van der Waals surface area contributed by atoms with Crippen molar-refractivity contribution >= 4 is 17.7 Å². The van der Waals surface area contributed by atoms with E-state index in [1.54, 1.807) is 11.9 Å². The van der Waals surface area contributed by atoms with E-state index in [0.717, 1.165) is 13.0 Å². The number of hydrogen-bond acceptors (Lipinski definition) is 4. The van der Waals surface area contributed by atoms with Gasteiger partial charge in [-0.1, -0.05) is 30.3 Å². The van der Waals surface area contributed by atoms with Gasteiger partial charge in [0.25, 0.3) is 0 Å². The first-order valence-electron chi connectivity index (χ1n) is 8.53. The molecule has 7 heteroatoms. The number of carbonyl (C=O) groups excluding carboxylic acids is 3. The second-order valence-electron chi connectivity index (χ2n) is 6.15. The maximum atomic E-state index is 12.3. The highest BCUT2D eigenvalue weighted by Crippen LogP contribution is 2.12. The van der Waals surface area contributed by atoms with Crippen molar-refractivity contribution < 1.29 is 14.4 Å². The van der Waals surface area contributed by atoms with Crippen molar-refractivity contribution in [3.63, 3.8) is 0 Å². The standard InChI is InChI=1S/C18H26N4O3/c1-14(23)20-12-17(24)22-11-10-21(16(13-22)18(25)19-2)9-8-15-6-4-3-5-7-15/h3-7,16H,8-13H2,1-2H3,(H,19,25)(H,20,23). The number of likely N-dealkylation sites (N-methyl/N-ethyl adjacent to an activating group) is 1. The predicted molar refractivity (Wildman–Crippen MR) is 94.8 cm³/mol. The van der Waals surface area contributed by atoms with E-state index in [4.69, 9.17) is 0 Å². The summed E-state index contributed by atoms with van der Waals surface area (Å²) in [6.07, 6.45) is 0.855. The van der Waals surface area contributed by atoms with Crippen LogP contribution in [0.5, 0.6) is 0 Å². The Hall–Kier alpha value is -2.41. The van der Waals surface area contributed by atoms with E-state index >= 15 is 0 Å². The van der Waals surface area contributed by atoms with E-state index in [9.17, 15) is 14.4 Å². The summed E-state index contributed by atoms with van der Waals surface area (Å²) in [6.45, 7) is 3.64. The molecule has 0 saturated carbocycles. The molecule has 0 aromatic heterocycles. The fourth-order valence-electron chi connectivity index (χ4n) is 2.96. The SMILES string of the molecule is CNC(=O)C1CN(C(=O)CNC(C)=O)CCN1CCc1ccccc1. The first-order chi connectivity index (χ1) is 12.0. The molecule has 1 aromatic rings. The number of rotatable bonds is 6. The van der Waals surface area contributed by atoms with Crippen molar-refractivity contribution in [2.45, 2.75) is 19.4 Å². The lowest BCUT2D eigenvalue weighted by Gasteiger charge is -2.40. The van der Waals surface area contributed by atoms with Gasteiger partial charge in [-0.3, -0.25) is 19.3 Å². The minimum absolute atomic E-state index is 0.0280. The Morgan fingerprint density at radius 1 is 1.16 bits per heavy atom. The van der Waals surface area contributed by atoms with Gasteiger partial charge in [0.05, 0.1) is 6.54 Å². The third-order valence-corrected chi connectivity index (χ3v) is 4.41. The summed E-state index contributed by atoms with van der Waals surface area (Å²) in [5, 5.41) is 5.20. The van der Waals surface area contributed by atoms with E-state index < -0.39 is 0 Å². The molecule has 0 bridgehead atoms.